The molecular weight excluding hydrogens is 234 g/mol. The predicted octanol–water partition coefficient (Wildman–Crippen LogP) is 3.46. The summed E-state index contributed by atoms with van der Waals surface area (Å²) < 4.78 is 11.6. The topological polar surface area (TPSA) is 42.2 Å². The molecule has 1 heterocycles. The van der Waals surface area contributed by atoms with Crippen molar-refractivity contribution in [1.29, 1.82) is 5.26 Å². The Morgan fingerprint density at radius 1 is 1.18 bits per heavy atom. The molecule has 0 unspecified atom stereocenters. The molecule has 1 aromatic heterocycles. The van der Waals surface area contributed by atoms with Gasteiger partial charge in [-0.25, -0.2) is 0 Å². The van der Waals surface area contributed by atoms with E-state index < -0.39 is 0 Å². The van der Waals surface area contributed by atoms with Crippen molar-refractivity contribution in [3.63, 3.8) is 0 Å². The lowest BCUT2D eigenvalue weighted by molar-refractivity contribution is 0.356. The SMILES string of the molecule is COc1cc2cc(/C=C/C#N)sc2cc1OC. The van der Waals surface area contributed by atoms with Gasteiger partial charge in [-0.05, 0) is 23.6 Å². The summed E-state index contributed by atoms with van der Waals surface area (Å²) in [4.78, 5) is 1.04. The number of nitriles is 1. The molecule has 2 aromatic rings. The smallest absolute Gasteiger partial charge is 0.162 e. The first-order valence-electron chi connectivity index (χ1n) is 5.00. The summed E-state index contributed by atoms with van der Waals surface area (Å²) in [6.07, 6.45) is 3.27. The van der Waals surface area contributed by atoms with Crippen LogP contribution in [0.5, 0.6) is 11.5 Å². The Hall–Kier alpha value is -1.99. The fourth-order valence-corrected chi connectivity index (χ4v) is 2.57. The van der Waals surface area contributed by atoms with E-state index in [0.29, 0.717) is 5.75 Å². The van der Waals surface area contributed by atoms with E-state index in [-0.39, 0.29) is 0 Å². The Balaban J connectivity index is 2.54. The van der Waals surface area contributed by atoms with Crippen molar-refractivity contribution in [2.75, 3.05) is 14.2 Å². The molecule has 0 fully saturated rings. The molecule has 0 spiro atoms. The molecule has 1 aromatic carbocycles. The van der Waals surface area contributed by atoms with E-state index in [2.05, 4.69) is 0 Å². The van der Waals surface area contributed by atoms with Crippen LogP contribution >= 0.6 is 11.3 Å². The lowest BCUT2D eigenvalue weighted by Gasteiger charge is -2.06. The third-order valence-electron chi connectivity index (χ3n) is 2.36. The Morgan fingerprint density at radius 2 is 1.88 bits per heavy atom. The normalized spacial score (nSPS) is 10.6. The maximum Gasteiger partial charge on any atom is 0.162 e. The van der Waals surface area contributed by atoms with E-state index in [0.717, 1.165) is 20.7 Å². The number of methoxy groups -OCH3 is 2. The second kappa shape index (κ2) is 4.89. The molecule has 0 saturated heterocycles. The van der Waals surface area contributed by atoms with E-state index in [4.69, 9.17) is 14.7 Å². The van der Waals surface area contributed by atoms with E-state index in [1.165, 1.54) is 6.08 Å². The van der Waals surface area contributed by atoms with Crippen LogP contribution in [0, 0.1) is 11.3 Å². The minimum absolute atomic E-state index is 0.716. The summed E-state index contributed by atoms with van der Waals surface area (Å²) in [5, 5.41) is 9.58. The number of thiophene rings is 1. The standard InChI is InChI=1S/C13H11NO2S/c1-15-11-7-9-6-10(4-3-5-14)17-13(9)8-12(11)16-2/h3-4,6-8H,1-2H3/b4-3+. The average molecular weight is 245 g/mol. The van der Waals surface area contributed by atoms with Crippen molar-refractivity contribution in [3.05, 3.63) is 29.2 Å². The molecular formula is C13H11NO2S. The summed E-state index contributed by atoms with van der Waals surface area (Å²) in [7, 11) is 3.24. The van der Waals surface area contributed by atoms with Crippen LogP contribution in [0.1, 0.15) is 4.88 Å². The van der Waals surface area contributed by atoms with Gasteiger partial charge in [0.1, 0.15) is 0 Å². The monoisotopic (exact) mass is 245 g/mol. The van der Waals surface area contributed by atoms with Gasteiger partial charge in [0, 0.05) is 21.7 Å². The van der Waals surface area contributed by atoms with Gasteiger partial charge in [0.15, 0.2) is 11.5 Å². The van der Waals surface area contributed by atoms with Crippen LogP contribution in [-0.4, -0.2) is 14.2 Å². The third-order valence-corrected chi connectivity index (χ3v) is 3.43. The second-order valence-corrected chi connectivity index (χ2v) is 4.47. The first-order valence-corrected chi connectivity index (χ1v) is 5.82. The van der Waals surface area contributed by atoms with Crippen molar-refractivity contribution >= 4 is 27.5 Å². The molecule has 17 heavy (non-hydrogen) atoms. The molecule has 0 atom stereocenters. The number of nitrogens with zero attached hydrogens (tertiary/aromatic N) is 1. The molecule has 3 nitrogen and oxygen atoms in total. The molecule has 0 amide bonds. The molecule has 0 bridgehead atoms. The fourth-order valence-electron chi connectivity index (χ4n) is 1.59. The Kier molecular flexibility index (Phi) is 3.31. The second-order valence-electron chi connectivity index (χ2n) is 3.36. The number of hydrogen-bond donors (Lipinski definition) is 0. The molecule has 0 aliphatic rings. The summed E-state index contributed by atoms with van der Waals surface area (Å²) in [5.41, 5.74) is 0. The van der Waals surface area contributed by atoms with Crippen molar-refractivity contribution in [2.24, 2.45) is 0 Å². The van der Waals surface area contributed by atoms with Gasteiger partial charge in [-0.2, -0.15) is 5.26 Å². The van der Waals surface area contributed by atoms with Crippen molar-refractivity contribution in [2.45, 2.75) is 0 Å². The van der Waals surface area contributed by atoms with E-state index in [9.17, 15) is 0 Å². The lowest BCUT2D eigenvalue weighted by Crippen LogP contribution is -1.89. The number of rotatable bonds is 3. The maximum atomic E-state index is 8.49. The minimum atomic E-state index is 0.716. The summed E-state index contributed by atoms with van der Waals surface area (Å²) in [6.45, 7) is 0. The maximum absolute atomic E-state index is 8.49. The van der Waals surface area contributed by atoms with Crippen molar-refractivity contribution in [3.8, 4) is 17.6 Å². The first kappa shape index (κ1) is 11.5. The highest BCUT2D eigenvalue weighted by atomic mass is 32.1. The van der Waals surface area contributed by atoms with Gasteiger partial charge in [0.05, 0.1) is 20.3 Å². The van der Waals surface area contributed by atoms with Gasteiger partial charge in [0.25, 0.3) is 0 Å². The van der Waals surface area contributed by atoms with Crippen LogP contribution in [-0.2, 0) is 0 Å². The summed E-state index contributed by atoms with van der Waals surface area (Å²) in [6, 6.07) is 7.89. The molecule has 0 aliphatic heterocycles. The van der Waals surface area contributed by atoms with E-state index >= 15 is 0 Å². The van der Waals surface area contributed by atoms with Gasteiger partial charge in [-0.15, -0.1) is 11.3 Å². The number of benzene rings is 1. The number of fused-ring (bicyclic) bond motifs is 1. The Bertz CT molecular complexity index is 567. The van der Waals surface area contributed by atoms with E-state index in [1.54, 1.807) is 31.6 Å². The van der Waals surface area contributed by atoms with Crippen molar-refractivity contribution in [1.82, 2.24) is 0 Å². The Morgan fingerprint density at radius 3 is 2.53 bits per heavy atom. The fraction of sp³-hybridized carbons (Fsp3) is 0.154. The van der Waals surface area contributed by atoms with E-state index in [1.807, 2.05) is 24.3 Å². The number of hydrogen-bond acceptors (Lipinski definition) is 4. The van der Waals surface area contributed by atoms with Crippen LogP contribution in [0.15, 0.2) is 24.3 Å². The van der Waals surface area contributed by atoms with Crippen LogP contribution in [0.2, 0.25) is 0 Å². The quantitative estimate of drug-likeness (QED) is 0.778. The average Bonchev–Trinajstić information content (AvgIpc) is 2.76. The molecule has 86 valence electrons. The highest BCUT2D eigenvalue weighted by Gasteiger charge is 2.08. The largest absolute Gasteiger partial charge is 0.493 e. The van der Waals surface area contributed by atoms with Gasteiger partial charge < -0.3 is 9.47 Å². The van der Waals surface area contributed by atoms with Gasteiger partial charge >= 0.3 is 0 Å². The third kappa shape index (κ3) is 2.24. The van der Waals surface area contributed by atoms with Gasteiger partial charge in [-0.1, -0.05) is 0 Å². The molecule has 0 saturated carbocycles. The minimum Gasteiger partial charge on any atom is -0.493 e. The highest BCUT2D eigenvalue weighted by molar-refractivity contribution is 7.19. The zero-order valence-corrected chi connectivity index (χ0v) is 10.4. The van der Waals surface area contributed by atoms with Crippen LogP contribution in [0.3, 0.4) is 0 Å². The lowest BCUT2D eigenvalue weighted by atomic mass is 10.2. The van der Waals surface area contributed by atoms with Crippen LogP contribution in [0.4, 0.5) is 0 Å². The van der Waals surface area contributed by atoms with Crippen LogP contribution in [0.25, 0.3) is 16.2 Å². The first-order chi connectivity index (χ1) is 8.28. The summed E-state index contributed by atoms with van der Waals surface area (Å²) >= 11 is 1.61. The van der Waals surface area contributed by atoms with Crippen molar-refractivity contribution < 1.29 is 9.47 Å². The zero-order valence-electron chi connectivity index (χ0n) is 9.56. The summed E-state index contributed by atoms with van der Waals surface area (Å²) in [5.74, 6) is 1.44. The molecule has 0 N–H and O–H groups in total. The molecule has 2 rings (SSSR count). The predicted molar refractivity (Wildman–Crippen MR) is 69.6 cm³/mol. The molecule has 0 radical (unpaired) electrons. The Labute approximate surface area is 104 Å². The van der Waals surface area contributed by atoms with Gasteiger partial charge in [-0.3, -0.25) is 0 Å². The molecule has 0 aliphatic carbocycles. The highest BCUT2D eigenvalue weighted by Crippen LogP contribution is 2.36. The van der Waals surface area contributed by atoms with Gasteiger partial charge in [0.2, 0.25) is 0 Å². The number of allylic oxidation sites excluding steroid dienone is 1. The number of ether oxygens (including phenoxy) is 2. The zero-order chi connectivity index (χ0) is 12.3. The van der Waals surface area contributed by atoms with Crippen LogP contribution < -0.4 is 9.47 Å². The molecule has 4 heteroatoms.